The summed E-state index contributed by atoms with van der Waals surface area (Å²) in [4.78, 5) is 22.9. The predicted molar refractivity (Wildman–Crippen MR) is 77.5 cm³/mol. The monoisotopic (exact) mass is 333 g/mol. The summed E-state index contributed by atoms with van der Waals surface area (Å²) in [6.45, 7) is 5.37. The number of alkyl halides is 3. The van der Waals surface area contributed by atoms with Gasteiger partial charge in [0.05, 0.1) is 12.7 Å². The molecule has 0 bridgehead atoms. The van der Waals surface area contributed by atoms with Crippen molar-refractivity contribution in [3.63, 3.8) is 0 Å². The molecular weight excluding hydrogens is 315 g/mol. The van der Waals surface area contributed by atoms with Gasteiger partial charge in [-0.3, -0.25) is 4.79 Å². The molecule has 1 aromatic carbocycles. The van der Waals surface area contributed by atoms with Gasteiger partial charge in [0.25, 0.3) is 0 Å². The summed E-state index contributed by atoms with van der Waals surface area (Å²) in [7, 11) is 0. The Bertz CT molecular complexity index is 572. The van der Waals surface area contributed by atoms with Gasteiger partial charge >= 0.3 is 18.1 Å². The van der Waals surface area contributed by atoms with Crippen LogP contribution in [0.3, 0.4) is 0 Å². The molecule has 0 aromatic heterocycles. The number of hydrogen-bond donors (Lipinski definition) is 1. The van der Waals surface area contributed by atoms with E-state index in [9.17, 15) is 22.8 Å². The second kappa shape index (κ2) is 7.85. The van der Waals surface area contributed by atoms with Crippen molar-refractivity contribution < 1.29 is 32.2 Å². The lowest BCUT2D eigenvalue weighted by atomic mass is 10.1. The zero-order valence-electron chi connectivity index (χ0n) is 13.0. The number of carbonyl (C=O) groups is 2. The third-order valence-electron chi connectivity index (χ3n) is 2.89. The van der Waals surface area contributed by atoms with Gasteiger partial charge in [-0.1, -0.05) is 6.92 Å². The topological polar surface area (TPSA) is 64.6 Å². The van der Waals surface area contributed by atoms with Crippen LogP contribution in [0.4, 0.5) is 18.9 Å². The molecule has 0 saturated carbocycles. The lowest BCUT2D eigenvalue weighted by Crippen LogP contribution is -2.30. The van der Waals surface area contributed by atoms with Crippen molar-refractivity contribution in [1.29, 1.82) is 0 Å². The molecule has 8 heteroatoms. The van der Waals surface area contributed by atoms with Gasteiger partial charge in [-0.2, -0.15) is 13.2 Å². The molecule has 23 heavy (non-hydrogen) atoms. The van der Waals surface area contributed by atoms with Crippen LogP contribution >= 0.6 is 0 Å². The van der Waals surface area contributed by atoms with Gasteiger partial charge in [-0.15, -0.1) is 0 Å². The number of halogens is 3. The molecule has 0 spiro atoms. The lowest BCUT2D eigenvalue weighted by molar-refractivity contribution is -0.167. The molecule has 1 unspecified atom stereocenters. The Balaban J connectivity index is 3.11. The number of anilines is 1. The van der Waals surface area contributed by atoms with Crippen molar-refractivity contribution in [2.75, 3.05) is 11.9 Å². The molecule has 5 nitrogen and oxygen atoms in total. The first-order chi connectivity index (χ1) is 10.7. The Labute approximate surface area is 131 Å². The number of rotatable bonds is 6. The largest absolute Gasteiger partial charge is 0.490 e. The van der Waals surface area contributed by atoms with Gasteiger partial charge in [0.15, 0.2) is 0 Å². The molecule has 1 N–H and O–H groups in total. The summed E-state index contributed by atoms with van der Waals surface area (Å²) in [5.41, 5.74) is -0.223. The third-order valence-corrected chi connectivity index (χ3v) is 2.89. The molecule has 1 aromatic rings. The predicted octanol–water partition coefficient (Wildman–Crippen LogP) is 3.54. The fourth-order valence-electron chi connectivity index (χ4n) is 1.58. The van der Waals surface area contributed by atoms with Crippen LogP contribution in [0.5, 0.6) is 5.75 Å². The van der Waals surface area contributed by atoms with E-state index in [4.69, 9.17) is 9.47 Å². The van der Waals surface area contributed by atoms with E-state index >= 15 is 0 Å². The van der Waals surface area contributed by atoms with E-state index in [1.807, 2.05) is 6.92 Å². The van der Waals surface area contributed by atoms with Crippen molar-refractivity contribution in [2.24, 2.45) is 0 Å². The van der Waals surface area contributed by atoms with Crippen LogP contribution in [0.1, 0.15) is 37.6 Å². The van der Waals surface area contributed by atoms with E-state index < -0.39 is 18.1 Å². The van der Waals surface area contributed by atoms with Crippen LogP contribution in [0.2, 0.25) is 0 Å². The fraction of sp³-hybridized carbons (Fsp3) is 0.467. The van der Waals surface area contributed by atoms with Crippen molar-refractivity contribution in [1.82, 2.24) is 0 Å². The molecule has 0 saturated heterocycles. The number of ether oxygens (including phenoxy) is 2. The highest BCUT2D eigenvalue weighted by atomic mass is 19.4. The Morgan fingerprint density at radius 1 is 1.26 bits per heavy atom. The number of nitrogens with one attached hydrogen (secondary N) is 1. The quantitative estimate of drug-likeness (QED) is 0.809. The maximum absolute atomic E-state index is 12.3. The van der Waals surface area contributed by atoms with Crippen molar-refractivity contribution in [3.8, 4) is 5.75 Å². The van der Waals surface area contributed by atoms with Crippen LogP contribution in [-0.4, -0.2) is 30.8 Å². The fourth-order valence-corrected chi connectivity index (χ4v) is 1.58. The molecule has 1 atom stereocenters. The highest BCUT2D eigenvalue weighted by molar-refractivity contribution is 5.98. The van der Waals surface area contributed by atoms with Crippen LogP contribution in [-0.2, 0) is 9.53 Å². The summed E-state index contributed by atoms with van der Waals surface area (Å²) < 4.78 is 47.3. The average molecular weight is 333 g/mol. The number of esters is 1. The summed E-state index contributed by atoms with van der Waals surface area (Å²) in [5, 5.41) is 1.69. The molecule has 1 amide bonds. The van der Waals surface area contributed by atoms with Crippen LogP contribution in [0, 0.1) is 0 Å². The molecule has 128 valence electrons. The van der Waals surface area contributed by atoms with Gasteiger partial charge < -0.3 is 14.8 Å². The summed E-state index contributed by atoms with van der Waals surface area (Å²) in [6.07, 6.45) is -4.54. The van der Waals surface area contributed by atoms with Crippen LogP contribution in [0.15, 0.2) is 18.2 Å². The molecule has 1 rings (SSSR count). The highest BCUT2D eigenvalue weighted by Gasteiger charge is 2.38. The number of carbonyl (C=O) groups excluding carboxylic acids is 2. The first-order valence-corrected chi connectivity index (χ1v) is 7.05. The van der Waals surface area contributed by atoms with E-state index in [1.165, 1.54) is 12.1 Å². The maximum atomic E-state index is 12.3. The Hall–Kier alpha value is -2.25. The van der Waals surface area contributed by atoms with Gasteiger partial charge in [-0.25, -0.2) is 4.79 Å². The number of benzene rings is 1. The minimum absolute atomic E-state index is 0.0490. The van der Waals surface area contributed by atoms with E-state index in [0.717, 1.165) is 6.07 Å². The Kier molecular flexibility index (Phi) is 6.41. The van der Waals surface area contributed by atoms with Gasteiger partial charge in [0.2, 0.25) is 0 Å². The summed E-state index contributed by atoms with van der Waals surface area (Å²) in [6, 6.07) is 3.65. The van der Waals surface area contributed by atoms with Crippen molar-refractivity contribution >= 4 is 17.6 Å². The zero-order valence-corrected chi connectivity index (χ0v) is 13.0. The van der Waals surface area contributed by atoms with Crippen molar-refractivity contribution in [2.45, 2.75) is 39.5 Å². The second-order valence-electron chi connectivity index (χ2n) is 4.72. The normalized spacial score (nSPS) is 12.4. The van der Waals surface area contributed by atoms with E-state index in [-0.39, 0.29) is 29.7 Å². The SMILES string of the molecule is CCOC(=O)c1cc(NC(=O)C(F)(F)F)ccc1OC(C)CC. The van der Waals surface area contributed by atoms with Crippen molar-refractivity contribution in [3.05, 3.63) is 23.8 Å². The highest BCUT2D eigenvalue weighted by Crippen LogP contribution is 2.26. The van der Waals surface area contributed by atoms with Crippen LogP contribution < -0.4 is 10.1 Å². The van der Waals surface area contributed by atoms with E-state index in [0.29, 0.717) is 6.42 Å². The number of hydrogen-bond acceptors (Lipinski definition) is 4. The smallest absolute Gasteiger partial charge is 0.471 e. The minimum Gasteiger partial charge on any atom is -0.490 e. The first kappa shape index (κ1) is 18.8. The van der Waals surface area contributed by atoms with Gasteiger partial charge in [0.1, 0.15) is 11.3 Å². The molecule has 0 heterocycles. The molecule has 0 aliphatic carbocycles. The molecule has 0 aliphatic rings. The van der Waals surface area contributed by atoms with Gasteiger partial charge in [0, 0.05) is 5.69 Å². The third kappa shape index (κ3) is 5.46. The average Bonchev–Trinajstić information content (AvgIpc) is 2.47. The molecule has 0 aliphatic heterocycles. The minimum atomic E-state index is -5.02. The first-order valence-electron chi connectivity index (χ1n) is 7.05. The molecule has 0 fully saturated rings. The Morgan fingerprint density at radius 2 is 1.91 bits per heavy atom. The Morgan fingerprint density at radius 3 is 2.43 bits per heavy atom. The zero-order chi connectivity index (χ0) is 17.6. The standard InChI is InChI=1S/C15H18F3NO4/c1-4-9(3)23-12-7-6-10(19-14(21)15(16,17)18)8-11(12)13(20)22-5-2/h6-9H,4-5H2,1-3H3,(H,19,21). The van der Waals surface area contributed by atoms with Crippen LogP contribution in [0.25, 0.3) is 0 Å². The van der Waals surface area contributed by atoms with E-state index in [1.54, 1.807) is 19.2 Å². The maximum Gasteiger partial charge on any atom is 0.471 e. The number of amides is 1. The lowest BCUT2D eigenvalue weighted by Gasteiger charge is -2.17. The molecular formula is C15H18F3NO4. The van der Waals surface area contributed by atoms with E-state index in [2.05, 4.69) is 0 Å². The molecule has 0 radical (unpaired) electrons. The second-order valence-corrected chi connectivity index (χ2v) is 4.72. The summed E-state index contributed by atoms with van der Waals surface area (Å²) in [5.74, 6) is -2.68. The van der Waals surface area contributed by atoms with Gasteiger partial charge in [-0.05, 0) is 38.5 Å². The summed E-state index contributed by atoms with van der Waals surface area (Å²) >= 11 is 0.